The van der Waals surface area contributed by atoms with Crippen LogP contribution in [0, 0.1) is 6.92 Å². The summed E-state index contributed by atoms with van der Waals surface area (Å²) in [7, 11) is 0. The lowest BCUT2D eigenvalue weighted by atomic mass is 10.1. The van der Waals surface area contributed by atoms with E-state index >= 15 is 0 Å². The van der Waals surface area contributed by atoms with Crippen LogP contribution in [-0.2, 0) is 0 Å². The molecule has 4 rings (SSSR count). The van der Waals surface area contributed by atoms with Crippen molar-refractivity contribution in [1.82, 2.24) is 15.6 Å². The maximum Gasteiger partial charge on any atom is 0.276 e. The molecular weight excluding hydrogens is 278 g/mol. The first kappa shape index (κ1) is 12.6. The number of carbonyl (C=O) groups excluding carboxylic acids is 1. The average molecular weight is 290 g/mol. The molecule has 2 N–H and O–H groups in total. The number of hydrogen-bond donors (Lipinski definition) is 2. The van der Waals surface area contributed by atoms with Gasteiger partial charge in [0, 0.05) is 16.6 Å². The van der Waals surface area contributed by atoms with E-state index in [0.717, 1.165) is 33.4 Å². The van der Waals surface area contributed by atoms with E-state index in [2.05, 4.69) is 26.0 Å². The lowest BCUT2D eigenvalue weighted by Gasteiger charge is -2.04. The van der Waals surface area contributed by atoms with Crippen LogP contribution in [0.3, 0.4) is 0 Å². The van der Waals surface area contributed by atoms with Gasteiger partial charge >= 0.3 is 0 Å². The zero-order valence-corrected chi connectivity index (χ0v) is 11.8. The monoisotopic (exact) mass is 290 g/mol. The van der Waals surface area contributed by atoms with E-state index in [9.17, 15) is 4.79 Å². The van der Waals surface area contributed by atoms with E-state index in [1.165, 1.54) is 0 Å². The maximum atomic E-state index is 12.4. The highest BCUT2D eigenvalue weighted by Gasteiger charge is 2.19. The molecule has 107 valence electrons. The van der Waals surface area contributed by atoms with E-state index in [4.69, 9.17) is 0 Å². The lowest BCUT2D eigenvalue weighted by Crippen LogP contribution is -2.12. The molecular formula is C16H12N5O. The Balaban J connectivity index is 1.72. The third kappa shape index (κ3) is 1.93. The normalized spacial score (nSPS) is 12.2. The van der Waals surface area contributed by atoms with Gasteiger partial charge in [-0.1, -0.05) is 12.1 Å². The first-order chi connectivity index (χ1) is 10.7. The Morgan fingerprint density at radius 1 is 1.23 bits per heavy atom. The predicted octanol–water partition coefficient (Wildman–Crippen LogP) is 2.71. The number of rotatable bonds is 2. The fourth-order valence-corrected chi connectivity index (χ4v) is 2.55. The minimum Gasteiger partial charge on any atom is -0.321 e. The molecule has 1 aromatic heterocycles. The molecule has 1 aliphatic heterocycles. The predicted molar refractivity (Wildman–Crippen MR) is 84.6 cm³/mol. The van der Waals surface area contributed by atoms with Gasteiger partial charge in [-0.3, -0.25) is 9.89 Å². The fourth-order valence-electron chi connectivity index (χ4n) is 2.55. The van der Waals surface area contributed by atoms with Gasteiger partial charge in [-0.15, -0.1) is 0 Å². The van der Waals surface area contributed by atoms with Crippen molar-refractivity contribution in [2.24, 2.45) is 5.10 Å². The topological polar surface area (TPSA) is 84.2 Å². The van der Waals surface area contributed by atoms with Crippen molar-refractivity contribution in [2.75, 3.05) is 5.32 Å². The van der Waals surface area contributed by atoms with Gasteiger partial charge in [0.1, 0.15) is 0 Å². The molecule has 0 fully saturated rings. The molecule has 6 nitrogen and oxygen atoms in total. The Labute approximate surface area is 126 Å². The Morgan fingerprint density at radius 2 is 2.14 bits per heavy atom. The van der Waals surface area contributed by atoms with Crippen LogP contribution in [-0.4, -0.2) is 22.3 Å². The van der Waals surface area contributed by atoms with Crippen LogP contribution in [0.4, 0.5) is 11.4 Å². The largest absolute Gasteiger partial charge is 0.321 e. The van der Waals surface area contributed by atoms with Gasteiger partial charge in [0.15, 0.2) is 5.69 Å². The molecule has 22 heavy (non-hydrogen) atoms. The number of aromatic nitrogens is 2. The van der Waals surface area contributed by atoms with E-state index in [-0.39, 0.29) is 5.91 Å². The Hall–Kier alpha value is -3.15. The van der Waals surface area contributed by atoms with Crippen molar-refractivity contribution in [3.8, 4) is 0 Å². The van der Waals surface area contributed by atoms with Gasteiger partial charge in [0.05, 0.1) is 17.4 Å². The number of amides is 1. The molecule has 2 heterocycles. The highest BCUT2D eigenvalue weighted by molar-refractivity contribution is 6.14. The third-order valence-electron chi connectivity index (χ3n) is 3.60. The number of nitrogens with zero attached hydrogens (tertiary/aromatic N) is 3. The number of aromatic amines is 1. The summed E-state index contributed by atoms with van der Waals surface area (Å²) in [5, 5.41) is 14.6. The van der Waals surface area contributed by atoms with Crippen molar-refractivity contribution in [3.63, 3.8) is 0 Å². The first-order valence-electron chi connectivity index (χ1n) is 6.85. The van der Waals surface area contributed by atoms with Crippen molar-refractivity contribution in [1.29, 1.82) is 0 Å². The summed E-state index contributed by atoms with van der Waals surface area (Å²) in [5.41, 5.74) is 8.61. The van der Waals surface area contributed by atoms with E-state index in [1.807, 2.05) is 43.3 Å². The second-order valence-electron chi connectivity index (χ2n) is 5.16. The second kappa shape index (κ2) is 4.70. The van der Waals surface area contributed by atoms with Gasteiger partial charge in [-0.25, -0.2) is 0 Å². The van der Waals surface area contributed by atoms with Gasteiger partial charge in [0.25, 0.3) is 5.91 Å². The molecule has 6 heteroatoms. The molecule has 1 radical (unpaired) electrons. The Bertz CT molecular complexity index is 925. The summed E-state index contributed by atoms with van der Waals surface area (Å²) in [6, 6.07) is 11.3. The third-order valence-corrected chi connectivity index (χ3v) is 3.60. The van der Waals surface area contributed by atoms with Crippen LogP contribution in [0.25, 0.3) is 10.9 Å². The van der Waals surface area contributed by atoms with Crippen LogP contribution < -0.4 is 10.7 Å². The van der Waals surface area contributed by atoms with E-state index in [0.29, 0.717) is 5.69 Å². The van der Waals surface area contributed by atoms with Gasteiger partial charge < -0.3 is 5.32 Å². The highest BCUT2D eigenvalue weighted by Crippen LogP contribution is 2.28. The maximum absolute atomic E-state index is 12.4. The summed E-state index contributed by atoms with van der Waals surface area (Å²) >= 11 is 0. The Morgan fingerprint density at radius 3 is 3.00 bits per heavy atom. The molecule has 0 saturated heterocycles. The number of hydrogen-bond acceptors (Lipinski definition) is 3. The quantitative estimate of drug-likeness (QED) is 0.760. The van der Waals surface area contributed by atoms with Gasteiger partial charge in [-0.05, 0) is 36.8 Å². The zero-order valence-electron chi connectivity index (χ0n) is 11.8. The molecule has 0 saturated carbocycles. The lowest BCUT2D eigenvalue weighted by molar-refractivity contribution is 0.102. The van der Waals surface area contributed by atoms with Crippen LogP contribution in [0.1, 0.15) is 21.6 Å². The van der Waals surface area contributed by atoms with Gasteiger partial charge in [-0.2, -0.15) is 15.6 Å². The molecule has 2 aromatic carbocycles. The number of anilines is 1. The fraction of sp³-hybridized carbons (Fsp3) is 0.0625. The zero-order chi connectivity index (χ0) is 15.1. The number of nitrogens with one attached hydrogen (secondary N) is 2. The number of H-pyrrole nitrogens is 1. The number of fused-ring (bicyclic) bond motifs is 3. The minimum absolute atomic E-state index is 0.247. The van der Waals surface area contributed by atoms with Crippen molar-refractivity contribution < 1.29 is 4.79 Å². The molecule has 0 spiro atoms. The van der Waals surface area contributed by atoms with E-state index < -0.39 is 0 Å². The molecule has 0 unspecified atom stereocenters. The molecule has 1 aliphatic rings. The number of carbonyl (C=O) groups is 1. The molecule has 1 amide bonds. The first-order valence-corrected chi connectivity index (χ1v) is 6.85. The average Bonchev–Trinajstić information content (AvgIpc) is 3.13. The van der Waals surface area contributed by atoms with Gasteiger partial charge in [0.2, 0.25) is 0 Å². The molecule has 0 aliphatic carbocycles. The Kier molecular flexibility index (Phi) is 2.69. The summed E-state index contributed by atoms with van der Waals surface area (Å²) in [5.74, 6) is -0.247. The summed E-state index contributed by atoms with van der Waals surface area (Å²) < 4.78 is 0. The SMILES string of the molecule is Cc1cccc(NC(=O)c2n[nH]c3c4c(ccc23)[N]N=C4)c1. The molecule has 0 atom stereocenters. The summed E-state index contributed by atoms with van der Waals surface area (Å²) in [4.78, 5) is 12.4. The minimum atomic E-state index is -0.247. The van der Waals surface area contributed by atoms with Crippen LogP contribution in [0.2, 0.25) is 0 Å². The number of benzene rings is 2. The van der Waals surface area contributed by atoms with Crippen LogP contribution in [0.5, 0.6) is 0 Å². The van der Waals surface area contributed by atoms with E-state index in [1.54, 1.807) is 6.21 Å². The smallest absolute Gasteiger partial charge is 0.276 e. The highest BCUT2D eigenvalue weighted by atomic mass is 16.1. The van der Waals surface area contributed by atoms with Crippen molar-refractivity contribution in [2.45, 2.75) is 6.92 Å². The van der Waals surface area contributed by atoms with Crippen LogP contribution >= 0.6 is 0 Å². The second-order valence-corrected chi connectivity index (χ2v) is 5.16. The van der Waals surface area contributed by atoms with Crippen molar-refractivity contribution >= 4 is 34.4 Å². The molecule has 3 aromatic rings. The van der Waals surface area contributed by atoms with Crippen molar-refractivity contribution in [3.05, 3.63) is 53.2 Å². The molecule has 0 bridgehead atoms. The summed E-state index contributed by atoms with van der Waals surface area (Å²) in [6.07, 6.45) is 1.66. The van der Waals surface area contributed by atoms with Crippen LogP contribution in [0.15, 0.2) is 41.5 Å². The number of aryl methyl sites for hydroxylation is 1. The summed E-state index contributed by atoms with van der Waals surface area (Å²) in [6.45, 7) is 1.98. The standard InChI is InChI=1S/C16H12N5O/c1-9-3-2-4-10(7-9)18-16(22)15-11-5-6-13-12(8-17-19-13)14(11)20-21-15/h2-8H,1H3,(H,18,22)(H,20,21).